The van der Waals surface area contributed by atoms with E-state index in [1.807, 2.05) is 50.8 Å². The molecule has 3 aromatic heterocycles. The fraction of sp³-hybridized carbons (Fsp3) is 0.207. The van der Waals surface area contributed by atoms with Crippen molar-refractivity contribution in [2.45, 2.75) is 13.5 Å². The quantitative estimate of drug-likeness (QED) is 0.171. The predicted octanol–water partition coefficient (Wildman–Crippen LogP) is 7.06. The number of nitrogens with one attached hydrogen (secondary N) is 3. The molecule has 0 radical (unpaired) electrons. The van der Waals surface area contributed by atoms with Crippen LogP contribution < -0.4 is 25.4 Å². The van der Waals surface area contributed by atoms with Crippen LogP contribution in [-0.4, -0.2) is 41.0 Å². The molecule has 5 aromatic rings. The molecule has 0 bridgehead atoms. The summed E-state index contributed by atoms with van der Waals surface area (Å²) in [6.07, 6.45) is 5.56. The van der Waals surface area contributed by atoms with E-state index in [9.17, 15) is 0 Å². The van der Waals surface area contributed by atoms with Crippen LogP contribution in [0.5, 0.6) is 11.5 Å². The zero-order valence-corrected chi connectivity index (χ0v) is 24.3. The van der Waals surface area contributed by atoms with Crippen molar-refractivity contribution in [2.24, 2.45) is 7.05 Å². The number of anilines is 4. The number of hydrogen-bond donors (Lipinski definition) is 3. The van der Waals surface area contributed by atoms with Crippen LogP contribution in [-0.2, 0) is 13.6 Å². The Bertz CT molecular complexity index is 1680. The second kappa shape index (κ2) is 11.5. The van der Waals surface area contributed by atoms with Crippen LogP contribution in [0.3, 0.4) is 0 Å². The molecule has 0 saturated carbocycles. The maximum atomic E-state index is 6.75. The molecule has 0 aliphatic heterocycles. The van der Waals surface area contributed by atoms with Gasteiger partial charge in [-0.25, -0.2) is 9.97 Å². The highest BCUT2D eigenvalue weighted by atomic mass is 35.5. The van der Waals surface area contributed by atoms with Gasteiger partial charge in [-0.2, -0.15) is 5.10 Å². The van der Waals surface area contributed by atoms with Gasteiger partial charge in [-0.3, -0.25) is 4.68 Å². The fourth-order valence-electron chi connectivity index (χ4n) is 4.51. The number of ether oxygens (including phenoxy) is 2. The number of hydrogen-bond acceptors (Lipinski definition) is 8. The second-order valence-corrected chi connectivity index (χ2v) is 9.94. The summed E-state index contributed by atoms with van der Waals surface area (Å²) >= 11 is 13.5. The van der Waals surface area contributed by atoms with Crippen molar-refractivity contribution in [2.75, 3.05) is 37.2 Å². The van der Waals surface area contributed by atoms with Crippen LogP contribution in [0.15, 0.2) is 55.0 Å². The van der Waals surface area contributed by atoms with Crippen LogP contribution in [0.2, 0.25) is 10.0 Å². The molecule has 0 aliphatic carbocycles. The summed E-state index contributed by atoms with van der Waals surface area (Å²) < 4.78 is 12.7. The Morgan fingerprint density at radius 1 is 1.00 bits per heavy atom. The number of halogens is 2. The number of para-hydroxylation sites is 1. The lowest BCUT2D eigenvalue weighted by Gasteiger charge is -2.17. The van der Waals surface area contributed by atoms with Gasteiger partial charge in [-0.1, -0.05) is 35.3 Å². The molecule has 9 nitrogen and oxygen atoms in total. The van der Waals surface area contributed by atoms with Crippen molar-refractivity contribution in [3.63, 3.8) is 0 Å². The third kappa shape index (κ3) is 5.30. The molecule has 40 heavy (non-hydrogen) atoms. The molecule has 0 fully saturated rings. The topological polar surface area (TPSA) is 98.2 Å². The first-order valence-corrected chi connectivity index (χ1v) is 13.3. The van der Waals surface area contributed by atoms with E-state index in [2.05, 4.69) is 34.0 Å². The number of aromatic nitrogens is 4. The molecule has 5 rings (SSSR count). The number of nitrogens with zero attached hydrogens (tertiary/aromatic N) is 4. The average molecular weight is 579 g/mol. The minimum absolute atomic E-state index is 0.337. The lowest BCUT2D eigenvalue weighted by molar-refractivity contribution is 0.395. The lowest BCUT2D eigenvalue weighted by Crippen LogP contribution is -2.05. The summed E-state index contributed by atoms with van der Waals surface area (Å²) in [6, 6.07) is 11.6. The largest absolute Gasteiger partial charge is 0.495 e. The highest BCUT2D eigenvalue weighted by Gasteiger charge is 2.21. The smallest absolute Gasteiger partial charge is 0.141 e. The van der Waals surface area contributed by atoms with Gasteiger partial charge in [0, 0.05) is 61.0 Å². The van der Waals surface area contributed by atoms with Crippen molar-refractivity contribution in [1.82, 2.24) is 19.7 Å². The second-order valence-electron chi connectivity index (χ2n) is 9.18. The maximum absolute atomic E-state index is 6.75. The number of benzene rings is 2. The Morgan fingerprint density at radius 3 is 2.40 bits per heavy atom. The number of rotatable bonds is 9. The Labute approximate surface area is 242 Å². The molecule has 0 amide bonds. The predicted molar refractivity (Wildman–Crippen MR) is 163 cm³/mol. The SMILES string of the molecule is CNc1cccc(C)c1Nc1cc2c(NCc3cnn(C)c3)nc(-c3c(Cl)c(OC)cc(OC)c3Cl)cc2cn1. The van der Waals surface area contributed by atoms with E-state index in [4.69, 9.17) is 42.6 Å². The van der Waals surface area contributed by atoms with E-state index < -0.39 is 0 Å². The first-order chi connectivity index (χ1) is 19.3. The highest BCUT2D eigenvalue weighted by molar-refractivity contribution is 6.41. The van der Waals surface area contributed by atoms with E-state index in [1.165, 1.54) is 0 Å². The molecule has 11 heteroatoms. The first kappa shape index (κ1) is 27.4. The minimum Gasteiger partial charge on any atom is -0.495 e. The summed E-state index contributed by atoms with van der Waals surface area (Å²) in [6.45, 7) is 2.56. The zero-order valence-electron chi connectivity index (χ0n) is 22.8. The molecular weight excluding hydrogens is 549 g/mol. The van der Waals surface area contributed by atoms with E-state index in [0.29, 0.717) is 51.0 Å². The van der Waals surface area contributed by atoms with Gasteiger partial charge >= 0.3 is 0 Å². The molecule has 0 unspecified atom stereocenters. The third-order valence-corrected chi connectivity index (χ3v) is 7.31. The Balaban J connectivity index is 1.65. The van der Waals surface area contributed by atoms with Crippen LogP contribution in [0.1, 0.15) is 11.1 Å². The van der Waals surface area contributed by atoms with Crippen molar-refractivity contribution >= 4 is 57.0 Å². The molecule has 3 heterocycles. The summed E-state index contributed by atoms with van der Waals surface area (Å²) in [7, 11) is 6.86. The molecule has 0 atom stereocenters. The van der Waals surface area contributed by atoms with Crippen molar-refractivity contribution in [3.8, 4) is 22.8 Å². The molecule has 206 valence electrons. The average Bonchev–Trinajstić information content (AvgIpc) is 3.38. The van der Waals surface area contributed by atoms with Gasteiger partial charge in [-0.05, 0) is 30.7 Å². The maximum Gasteiger partial charge on any atom is 0.141 e. The Kier molecular flexibility index (Phi) is 7.86. The number of aryl methyl sites for hydroxylation is 2. The highest BCUT2D eigenvalue weighted by Crippen LogP contribution is 2.46. The van der Waals surface area contributed by atoms with Crippen molar-refractivity contribution in [3.05, 3.63) is 76.2 Å². The summed E-state index contributed by atoms with van der Waals surface area (Å²) in [4.78, 5) is 9.68. The third-order valence-electron chi connectivity index (χ3n) is 6.56. The summed E-state index contributed by atoms with van der Waals surface area (Å²) in [5.41, 5.74) is 5.08. The Morgan fingerprint density at radius 2 is 1.75 bits per heavy atom. The van der Waals surface area contributed by atoms with Crippen LogP contribution in [0.25, 0.3) is 22.0 Å². The summed E-state index contributed by atoms with van der Waals surface area (Å²) in [5.74, 6) is 2.17. The van der Waals surface area contributed by atoms with Crippen molar-refractivity contribution < 1.29 is 9.47 Å². The molecule has 2 aromatic carbocycles. The number of pyridine rings is 2. The number of methoxy groups -OCH3 is 2. The van der Waals surface area contributed by atoms with Gasteiger partial charge < -0.3 is 25.4 Å². The van der Waals surface area contributed by atoms with Gasteiger partial charge in [0.25, 0.3) is 0 Å². The molecular formula is C29H29Cl2N7O2. The Hall–Kier alpha value is -4.21. The molecule has 0 saturated heterocycles. The normalized spacial score (nSPS) is 11.0. The van der Waals surface area contributed by atoms with Gasteiger partial charge in [0.05, 0.1) is 47.5 Å². The fourth-order valence-corrected chi connectivity index (χ4v) is 5.20. The monoisotopic (exact) mass is 577 g/mol. The van der Waals surface area contributed by atoms with E-state index in [1.54, 1.807) is 31.2 Å². The molecule has 0 spiro atoms. The van der Waals surface area contributed by atoms with Crippen LogP contribution in [0.4, 0.5) is 23.0 Å². The van der Waals surface area contributed by atoms with Crippen molar-refractivity contribution in [1.29, 1.82) is 0 Å². The summed E-state index contributed by atoms with van der Waals surface area (Å²) in [5, 5.41) is 16.8. The van der Waals surface area contributed by atoms with Crippen LogP contribution in [0, 0.1) is 6.92 Å². The molecule has 3 N–H and O–H groups in total. The van der Waals surface area contributed by atoms with E-state index in [-0.39, 0.29) is 0 Å². The number of fused-ring (bicyclic) bond motifs is 1. The standard InChI is InChI=1S/C29H29Cl2N7O2/c1-16-7-6-8-20(32-2)28(16)37-24-10-19-18(14-33-24)9-21(36-29(19)34-12-17-13-35-38(3)15-17)25-26(30)22(39-4)11-23(40-5)27(25)31/h6-11,13-15,32H,12H2,1-5H3,(H,33,37)(H,34,36). The van der Waals surface area contributed by atoms with Crippen LogP contribution >= 0.6 is 23.2 Å². The van der Waals surface area contributed by atoms with Gasteiger partial charge in [0.2, 0.25) is 0 Å². The van der Waals surface area contributed by atoms with Gasteiger partial charge in [0.1, 0.15) is 23.1 Å². The zero-order chi connectivity index (χ0) is 28.4. The minimum atomic E-state index is 0.337. The molecule has 0 aliphatic rings. The van der Waals surface area contributed by atoms with Gasteiger partial charge in [0.15, 0.2) is 0 Å². The van der Waals surface area contributed by atoms with Gasteiger partial charge in [-0.15, -0.1) is 0 Å². The lowest BCUT2D eigenvalue weighted by atomic mass is 10.1. The van der Waals surface area contributed by atoms with E-state index in [0.717, 1.165) is 33.3 Å². The van der Waals surface area contributed by atoms with E-state index >= 15 is 0 Å². The first-order valence-electron chi connectivity index (χ1n) is 12.5.